The van der Waals surface area contributed by atoms with Gasteiger partial charge >= 0.3 is 0 Å². The summed E-state index contributed by atoms with van der Waals surface area (Å²) in [5.74, 6) is 0.496. The van der Waals surface area contributed by atoms with Gasteiger partial charge in [0.25, 0.3) is 0 Å². The predicted octanol–water partition coefficient (Wildman–Crippen LogP) is 7.12. The number of aromatic nitrogens is 1. The molecule has 0 bridgehead atoms. The first-order valence-electron chi connectivity index (χ1n) is 12.9. The maximum absolute atomic E-state index is 13.4. The lowest BCUT2D eigenvalue weighted by atomic mass is 9.91. The fraction of sp³-hybridized carbons (Fsp3) is 0.290. The highest BCUT2D eigenvalue weighted by Gasteiger charge is 2.32. The molecule has 1 aliphatic carbocycles. The molecular formula is C31H29ClN2O3. The Bertz CT molecular complexity index is 1490. The Kier molecular flexibility index (Phi) is 6.35. The lowest BCUT2D eigenvalue weighted by molar-refractivity contribution is 0.0968. The van der Waals surface area contributed by atoms with Crippen molar-refractivity contribution in [2.24, 2.45) is 5.92 Å². The maximum atomic E-state index is 13.4. The van der Waals surface area contributed by atoms with Gasteiger partial charge in [0.1, 0.15) is 0 Å². The predicted molar refractivity (Wildman–Crippen MR) is 147 cm³/mol. The minimum atomic E-state index is -0.0811. The number of aromatic hydroxyl groups is 1. The number of carbonyl (C=O) groups excluding carboxylic acids is 1. The van der Waals surface area contributed by atoms with Gasteiger partial charge in [0.05, 0.1) is 17.6 Å². The zero-order valence-corrected chi connectivity index (χ0v) is 21.6. The number of phenols is 1. The van der Waals surface area contributed by atoms with E-state index < -0.39 is 0 Å². The molecule has 1 aromatic heterocycles. The molecule has 6 rings (SSSR count). The Morgan fingerprint density at radius 1 is 1.03 bits per heavy atom. The lowest BCUT2D eigenvalue weighted by Gasteiger charge is -2.16. The van der Waals surface area contributed by atoms with E-state index >= 15 is 0 Å². The number of benzene rings is 3. The molecule has 1 N–H and O–H groups in total. The largest absolute Gasteiger partial charge is 0.503 e. The Labute approximate surface area is 221 Å². The van der Waals surface area contributed by atoms with Crippen molar-refractivity contribution in [3.05, 3.63) is 76.9 Å². The first kappa shape index (κ1) is 24.0. The molecule has 37 heavy (non-hydrogen) atoms. The van der Waals surface area contributed by atoms with Gasteiger partial charge < -0.3 is 9.84 Å². The zero-order chi connectivity index (χ0) is 25.5. The van der Waals surface area contributed by atoms with Crippen molar-refractivity contribution in [2.45, 2.75) is 32.2 Å². The van der Waals surface area contributed by atoms with Crippen molar-refractivity contribution in [1.29, 1.82) is 0 Å². The third kappa shape index (κ3) is 4.70. The fourth-order valence-electron chi connectivity index (χ4n) is 5.31. The van der Waals surface area contributed by atoms with Gasteiger partial charge in [-0.25, -0.2) is 0 Å². The monoisotopic (exact) mass is 512 g/mol. The first-order valence-corrected chi connectivity index (χ1v) is 13.2. The van der Waals surface area contributed by atoms with Crippen LogP contribution in [0.15, 0.2) is 60.8 Å². The number of rotatable bonds is 7. The summed E-state index contributed by atoms with van der Waals surface area (Å²) < 4.78 is 5.32. The van der Waals surface area contributed by atoms with Crippen molar-refractivity contribution in [2.75, 3.05) is 20.2 Å². The Balaban J connectivity index is 1.48. The van der Waals surface area contributed by atoms with Gasteiger partial charge in [-0.1, -0.05) is 41.9 Å². The summed E-state index contributed by atoms with van der Waals surface area (Å²) in [6.07, 6.45) is 6.17. The van der Waals surface area contributed by atoms with Crippen molar-refractivity contribution in [1.82, 2.24) is 9.88 Å². The zero-order valence-electron chi connectivity index (χ0n) is 20.8. The van der Waals surface area contributed by atoms with Crippen LogP contribution in [0.3, 0.4) is 0 Å². The van der Waals surface area contributed by atoms with Crippen LogP contribution in [-0.2, 0) is 6.54 Å². The molecule has 0 unspecified atom stereocenters. The second kappa shape index (κ2) is 9.81. The van der Waals surface area contributed by atoms with Crippen molar-refractivity contribution in [3.63, 3.8) is 0 Å². The van der Waals surface area contributed by atoms with E-state index in [4.69, 9.17) is 16.3 Å². The molecule has 0 spiro atoms. The number of methoxy groups -OCH3 is 1. The number of hydrogen-bond donors (Lipinski definition) is 1. The van der Waals surface area contributed by atoms with E-state index in [1.54, 1.807) is 18.3 Å². The lowest BCUT2D eigenvalue weighted by Crippen LogP contribution is -2.18. The number of ether oxygens (including phenoxy) is 1. The van der Waals surface area contributed by atoms with E-state index in [-0.39, 0.29) is 22.5 Å². The summed E-state index contributed by atoms with van der Waals surface area (Å²) in [6, 6.07) is 18.1. The molecule has 1 saturated carbocycles. The van der Waals surface area contributed by atoms with Gasteiger partial charge in [-0.05, 0) is 85.3 Å². The topological polar surface area (TPSA) is 62.7 Å². The minimum Gasteiger partial charge on any atom is -0.503 e. The van der Waals surface area contributed by atoms with E-state index in [1.165, 1.54) is 25.5 Å². The van der Waals surface area contributed by atoms with Gasteiger partial charge in [0.15, 0.2) is 17.3 Å². The highest BCUT2D eigenvalue weighted by atomic mass is 35.5. The number of nitrogens with zero attached hydrogens (tertiary/aromatic N) is 2. The summed E-state index contributed by atoms with van der Waals surface area (Å²) in [5.41, 5.74) is 6.44. The Hall–Kier alpha value is -3.41. The van der Waals surface area contributed by atoms with Crippen LogP contribution in [0.25, 0.3) is 33.2 Å². The summed E-state index contributed by atoms with van der Waals surface area (Å²) in [5, 5.41) is 11.3. The molecule has 188 valence electrons. The molecule has 6 heteroatoms. The second-order valence-electron chi connectivity index (χ2n) is 10.1. The van der Waals surface area contributed by atoms with E-state index in [1.807, 2.05) is 12.1 Å². The van der Waals surface area contributed by atoms with Crippen LogP contribution >= 0.6 is 11.6 Å². The molecule has 3 aromatic carbocycles. The van der Waals surface area contributed by atoms with Crippen LogP contribution in [0.2, 0.25) is 5.02 Å². The Morgan fingerprint density at radius 3 is 2.46 bits per heavy atom. The van der Waals surface area contributed by atoms with Crippen molar-refractivity contribution < 1.29 is 14.6 Å². The first-order chi connectivity index (χ1) is 18.0. The molecule has 0 atom stereocenters. The van der Waals surface area contributed by atoms with Crippen LogP contribution in [0.5, 0.6) is 11.5 Å². The average Bonchev–Trinajstić information content (AvgIpc) is 3.65. The summed E-state index contributed by atoms with van der Waals surface area (Å²) in [7, 11) is 1.50. The molecular weight excluding hydrogens is 484 g/mol. The molecule has 0 amide bonds. The maximum Gasteiger partial charge on any atom is 0.176 e. The highest BCUT2D eigenvalue weighted by Crippen LogP contribution is 2.42. The van der Waals surface area contributed by atoms with Crippen LogP contribution in [0, 0.1) is 5.92 Å². The molecule has 1 aliphatic heterocycles. The molecule has 2 heterocycles. The van der Waals surface area contributed by atoms with Gasteiger partial charge in [-0.2, -0.15) is 0 Å². The number of ketones is 1. The van der Waals surface area contributed by atoms with Crippen molar-refractivity contribution in [3.8, 4) is 33.8 Å². The SMILES string of the molecule is COc1cc(-c2ccc3ncc(C(=O)C4CC4)c(-c4ccc(CN5CCCC5)cc4)c3c2)cc(Cl)c1O. The summed E-state index contributed by atoms with van der Waals surface area (Å²) in [4.78, 5) is 20.5. The van der Waals surface area contributed by atoms with E-state index in [0.717, 1.165) is 65.6 Å². The van der Waals surface area contributed by atoms with Crippen molar-refractivity contribution >= 4 is 28.3 Å². The number of hydrogen-bond acceptors (Lipinski definition) is 5. The molecule has 0 radical (unpaired) electrons. The molecule has 2 aliphatic rings. The van der Waals surface area contributed by atoms with Crippen LogP contribution < -0.4 is 4.74 Å². The number of carbonyl (C=O) groups is 1. The van der Waals surface area contributed by atoms with Gasteiger partial charge in [-0.3, -0.25) is 14.7 Å². The number of pyridine rings is 1. The van der Waals surface area contributed by atoms with Crippen LogP contribution in [-0.4, -0.2) is 41.0 Å². The minimum absolute atomic E-state index is 0.0811. The number of likely N-dealkylation sites (tertiary alicyclic amines) is 1. The number of fused-ring (bicyclic) bond motifs is 1. The van der Waals surface area contributed by atoms with E-state index in [2.05, 4.69) is 40.2 Å². The quantitative estimate of drug-likeness (QED) is 0.267. The number of Topliss-reactive ketones (excluding diaryl/α,β-unsaturated/α-hetero) is 1. The number of phenolic OH excluding ortho intramolecular Hbond substituents is 1. The molecule has 2 fully saturated rings. The Morgan fingerprint density at radius 2 is 1.76 bits per heavy atom. The standard InChI is InChI=1S/C31H29ClN2O3/c1-37-28-16-23(15-26(32)31(28)36)22-10-11-27-24(14-22)29(25(17-33-27)30(35)21-8-9-21)20-6-4-19(5-7-20)18-34-12-2-3-13-34/h4-7,10-11,14-17,21,36H,2-3,8-9,12-13,18H2,1H3. The highest BCUT2D eigenvalue weighted by molar-refractivity contribution is 6.32. The molecule has 1 saturated heterocycles. The summed E-state index contributed by atoms with van der Waals surface area (Å²) >= 11 is 6.29. The fourth-order valence-corrected chi connectivity index (χ4v) is 5.52. The molecule has 4 aromatic rings. The van der Waals surface area contributed by atoms with E-state index in [0.29, 0.717) is 11.3 Å². The van der Waals surface area contributed by atoms with E-state index in [9.17, 15) is 9.90 Å². The number of halogens is 1. The molecule has 5 nitrogen and oxygen atoms in total. The second-order valence-corrected chi connectivity index (χ2v) is 10.5. The summed E-state index contributed by atoms with van der Waals surface area (Å²) in [6.45, 7) is 3.27. The average molecular weight is 513 g/mol. The smallest absolute Gasteiger partial charge is 0.176 e. The van der Waals surface area contributed by atoms with Gasteiger partial charge in [-0.15, -0.1) is 0 Å². The van der Waals surface area contributed by atoms with Crippen LogP contribution in [0.1, 0.15) is 41.6 Å². The van der Waals surface area contributed by atoms with Gasteiger partial charge in [0.2, 0.25) is 0 Å². The van der Waals surface area contributed by atoms with Gasteiger partial charge in [0, 0.05) is 35.2 Å². The third-order valence-corrected chi connectivity index (χ3v) is 7.80. The normalized spacial score (nSPS) is 15.8. The third-order valence-electron chi connectivity index (χ3n) is 7.51. The van der Waals surface area contributed by atoms with Crippen LogP contribution in [0.4, 0.5) is 0 Å².